The molecule has 122 valence electrons. The third-order valence-corrected chi connectivity index (χ3v) is 5.04. The summed E-state index contributed by atoms with van der Waals surface area (Å²) >= 11 is 3.48. The number of thiazole rings is 1. The van der Waals surface area contributed by atoms with Crippen LogP contribution < -0.4 is 5.32 Å². The first-order valence-corrected chi connectivity index (χ1v) is 8.87. The summed E-state index contributed by atoms with van der Waals surface area (Å²) in [6.07, 6.45) is 1.05. The van der Waals surface area contributed by atoms with Gasteiger partial charge < -0.3 is 10.2 Å². The summed E-state index contributed by atoms with van der Waals surface area (Å²) < 4.78 is 0. The van der Waals surface area contributed by atoms with E-state index in [1.807, 2.05) is 23.8 Å². The lowest BCUT2D eigenvalue weighted by Gasteiger charge is -2.21. The number of aryl methyl sites for hydroxylation is 1. The van der Waals surface area contributed by atoms with Crippen LogP contribution in [0.3, 0.4) is 0 Å². The summed E-state index contributed by atoms with van der Waals surface area (Å²) in [6.45, 7) is 6.68. The van der Waals surface area contributed by atoms with Crippen molar-refractivity contribution in [3.63, 3.8) is 0 Å². The first kappa shape index (κ1) is 19.4. The van der Waals surface area contributed by atoms with Crippen molar-refractivity contribution in [3.8, 4) is 0 Å². The van der Waals surface area contributed by atoms with Crippen LogP contribution in [-0.4, -0.2) is 36.0 Å². The molecule has 0 saturated heterocycles. The SMILES string of the molecule is CCNC(=NCc1scnc1C)N(C)CCc1cccs1.I. The van der Waals surface area contributed by atoms with E-state index < -0.39 is 0 Å². The van der Waals surface area contributed by atoms with Crippen LogP contribution in [0.25, 0.3) is 0 Å². The second-order valence-electron chi connectivity index (χ2n) is 4.78. The van der Waals surface area contributed by atoms with E-state index >= 15 is 0 Å². The van der Waals surface area contributed by atoms with Gasteiger partial charge in [0.15, 0.2) is 5.96 Å². The van der Waals surface area contributed by atoms with Gasteiger partial charge in [0.25, 0.3) is 0 Å². The van der Waals surface area contributed by atoms with Crippen LogP contribution in [0.15, 0.2) is 28.0 Å². The summed E-state index contributed by atoms with van der Waals surface area (Å²) in [5.41, 5.74) is 2.97. The van der Waals surface area contributed by atoms with E-state index in [2.05, 4.69) is 46.7 Å². The summed E-state index contributed by atoms with van der Waals surface area (Å²) in [6, 6.07) is 4.29. The van der Waals surface area contributed by atoms with E-state index in [0.29, 0.717) is 6.54 Å². The third-order valence-electron chi connectivity index (χ3n) is 3.19. The Morgan fingerprint density at radius 2 is 2.23 bits per heavy atom. The third kappa shape index (κ3) is 5.85. The van der Waals surface area contributed by atoms with Crippen LogP contribution in [0.4, 0.5) is 0 Å². The zero-order valence-corrected chi connectivity index (χ0v) is 17.2. The van der Waals surface area contributed by atoms with Crippen molar-refractivity contribution in [2.75, 3.05) is 20.1 Å². The maximum absolute atomic E-state index is 4.72. The number of guanidine groups is 1. The zero-order chi connectivity index (χ0) is 15.1. The number of hydrogen-bond acceptors (Lipinski definition) is 4. The number of nitrogens with one attached hydrogen (secondary N) is 1. The summed E-state index contributed by atoms with van der Waals surface area (Å²) in [7, 11) is 2.09. The Bertz CT molecular complexity index is 566. The fourth-order valence-electron chi connectivity index (χ4n) is 1.93. The number of halogens is 1. The van der Waals surface area contributed by atoms with Crippen molar-refractivity contribution >= 4 is 52.6 Å². The number of rotatable bonds is 6. The molecule has 7 heteroatoms. The van der Waals surface area contributed by atoms with Gasteiger partial charge in [0.05, 0.1) is 17.7 Å². The minimum Gasteiger partial charge on any atom is -0.357 e. The van der Waals surface area contributed by atoms with Crippen molar-refractivity contribution < 1.29 is 0 Å². The van der Waals surface area contributed by atoms with Crippen LogP contribution in [0.2, 0.25) is 0 Å². The molecule has 0 aliphatic carbocycles. The van der Waals surface area contributed by atoms with Crippen molar-refractivity contribution in [2.24, 2.45) is 4.99 Å². The molecule has 2 rings (SSSR count). The maximum atomic E-state index is 4.72. The molecule has 0 saturated carbocycles. The lowest BCUT2D eigenvalue weighted by Crippen LogP contribution is -2.39. The average molecular weight is 450 g/mol. The number of aromatic nitrogens is 1. The molecular weight excluding hydrogens is 427 g/mol. The van der Waals surface area contributed by atoms with E-state index in [1.165, 1.54) is 9.75 Å². The lowest BCUT2D eigenvalue weighted by molar-refractivity contribution is 0.486. The molecule has 4 nitrogen and oxygen atoms in total. The molecule has 0 amide bonds. The van der Waals surface area contributed by atoms with Gasteiger partial charge in [-0.1, -0.05) is 6.07 Å². The Labute approximate surface area is 157 Å². The second-order valence-corrected chi connectivity index (χ2v) is 6.75. The van der Waals surface area contributed by atoms with E-state index in [0.717, 1.165) is 31.2 Å². The van der Waals surface area contributed by atoms with Crippen molar-refractivity contribution in [2.45, 2.75) is 26.8 Å². The molecule has 0 bridgehead atoms. The Kier molecular flexibility index (Phi) is 8.96. The molecule has 2 aromatic heterocycles. The van der Waals surface area contributed by atoms with Gasteiger partial charge in [0.1, 0.15) is 0 Å². The highest BCUT2D eigenvalue weighted by molar-refractivity contribution is 14.0. The number of thiophene rings is 1. The monoisotopic (exact) mass is 450 g/mol. The highest BCUT2D eigenvalue weighted by Crippen LogP contribution is 2.13. The van der Waals surface area contributed by atoms with Crippen molar-refractivity contribution in [1.29, 1.82) is 0 Å². The highest BCUT2D eigenvalue weighted by atomic mass is 127. The molecule has 0 fully saturated rings. The first-order chi connectivity index (χ1) is 10.2. The molecule has 0 unspecified atom stereocenters. The lowest BCUT2D eigenvalue weighted by atomic mass is 10.3. The molecule has 2 aromatic rings. The number of nitrogens with zero attached hydrogens (tertiary/aromatic N) is 3. The van der Waals surface area contributed by atoms with Crippen LogP contribution in [0.1, 0.15) is 22.4 Å². The van der Waals surface area contributed by atoms with Gasteiger partial charge in [0, 0.05) is 29.9 Å². The number of likely N-dealkylation sites (N-methyl/N-ethyl adjacent to an activating group) is 1. The van der Waals surface area contributed by atoms with Gasteiger partial charge in [-0.05, 0) is 31.7 Å². The number of hydrogen-bond donors (Lipinski definition) is 1. The molecule has 1 N–H and O–H groups in total. The molecule has 0 atom stereocenters. The maximum Gasteiger partial charge on any atom is 0.194 e. The molecular formula is C15H23IN4S2. The van der Waals surface area contributed by atoms with E-state index in [4.69, 9.17) is 4.99 Å². The number of aliphatic imine (C=N–C) groups is 1. The molecule has 0 spiro atoms. The minimum absolute atomic E-state index is 0. The topological polar surface area (TPSA) is 40.5 Å². The Morgan fingerprint density at radius 1 is 1.41 bits per heavy atom. The summed E-state index contributed by atoms with van der Waals surface area (Å²) in [5, 5.41) is 5.48. The molecule has 0 aliphatic heterocycles. The van der Waals surface area contributed by atoms with Gasteiger partial charge in [0.2, 0.25) is 0 Å². The molecule has 0 radical (unpaired) electrons. The molecule has 0 aromatic carbocycles. The van der Waals surface area contributed by atoms with E-state index in [9.17, 15) is 0 Å². The predicted octanol–water partition coefficient (Wildman–Crippen LogP) is 3.77. The predicted molar refractivity (Wildman–Crippen MR) is 108 cm³/mol. The molecule has 22 heavy (non-hydrogen) atoms. The van der Waals surface area contributed by atoms with Gasteiger partial charge in [-0.15, -0.1) is 46.7 Å². The Morgan fingerprint density at radius 3 is 2.82 bits per heavy atom. The first-order valence-electron chi connectivity index (χ1n) is 7.11. The summed E-state index contributed by atoms with van der Waals surface area (Å²) in [4.78, 5) is 13.8. The van der Waals surface area contributed by atoms with Gasteiger partial charge in [-0.25, -0.2) is 9.98 Å². The quantitative estimate of drug-likeness (QED) is 0.414. The van der Waals surface area contributed by atoms with Crippen molar-refractivity contribution in [3.05, 3.63) is 38.5 Å². The van der Waals surface area contributed by atoms with Gasteiger partial charge >= 0.3 is 0 Å². The Balaban J connectivity index is 0.00000242. The second kappa shape index (κ2) is 10.2. The Hall–Kier alpha value is -0.670. The highest BCUT2D eigenvalue weighted by Gasteiger charge is 2.07. The smallest absolute Gasteiger partial charge is 0.194 e. The van der Waals surface area contributed by atoms with Crippen LogP contribution in [-0.2, 0) is 13.0 Å². The fraction of sp³-hybridized carbons (Fsp3) is 0.467. The van der Waals surface area contributed by atoms with Gasteiger partial charge in [-0.3, -0.25) is 0 Å². The largest absolute Gasteiger partial charge is 0.357 e. The minimum atomic E-state index is 0. The van der Waals surface area contributed by atoms with Crippen LogP contribution in [0, 0.1) is 6.92 Å². The zero-order valence-electron chi connectivity index (χ0n) is 13.2. The van der Waals surface area contributed by atoms with E-state index in [1.54, 1.807) is 11.3 Å². The molecule has 2 heterocycles. The van der Waals surface area contributed by atoms with Crippen LogP contribution in [0.5, 0.6) is 0 Å². The van der Waals surface area contributed by atoms with Crippen LogP contribution >= 0.6 is 46.7 Å². The standard InChI is InChI=1S/C15H22N4S2.HI/c1-4-16-15(17-10-14-12(2)18-11-21-14)19(3)8-7-13-6-5-9-20-13;/h5-6,9,11H,4,7-8,10H2,1-3H3,(H,16,17);1H. The molecule has 0 aliphatic rings. The average Bonchev–Trinajstić information content (AvgIpc) is 3.12. The normalized spacial score (nSPS) is 11.1. The van der Waals surface area contributed by atoms with Crippen molar-refractivity contribution in [1.82, 2.24) is 15.2 Å². The van der Waals surface area contributed by atoms with E-state index in [-0.39, 0.29) is 24.0 Å². The van der Waals surface area contributed by atoms with Gasteiger partial charge in [-0.2, -0.15) is 0 Å². The fourth-order valence-corrected chi connectivity index (χ4v) is 3.33. The summed E-state index contributed by atoms with van der Waals surface area (Å²) in [5.74, 6) is 0.960.